The molecule has 0 fully saturated rings. The first kappa shape index (κ1) is 42.8. The molecule has 0 N–H and O–H groups in total. The third-order valence-corrected chi connectivity index (χ3v) is 17.2. The van der Waals surface area contributed by atoms with Crippen molar-refractivity contribution in [1.82, 2.24) is 0 Å². The Bertz CT molecular complexity index is 4010. The predicted octanol–water partition coefficient (Wildman–Crippen LogP) is 20.8. The fraction of sp³-hybridized carbons (Fsp3) is 0. The summed E-state index contributed by atoms with van der Waals surface area (Å²) in [4.78, 5) is 9.90. The van der Waals surface area contributed by atoms with Gasteiger partial charge >= 0.3 is 0 Å². The van der Waals surface area contributed by atoms with Gasteiger partial charge in [-0.15, -0.1) is 0 Å². The highest BCUT2D eigenvalue weighted by molar-refractivity contribution is 8.00. The molecule has 0 radical (unpaired) electrons. The van der Waals surface area contributed by atoms with Gasteiger partial charge in [0.15, 0.2) is 0 Å². The van der Waals surface area contributed by atoms with Crippen molar-refractivity contribution in [3.63, 3.8) is 0 Å². The largest absolute Gasteiger partial charge is 0.308 e. The highest BCUT2D eigenvalue weighted by Crippen LogP contribution is 2.55. The van der Waals surface area contributed by atoms with Crippen LogP contribution in [0.25, 0.3) is 87.6 Å². The Morgan fingerprint density at radius 3 is 0.905 bits per heavy atom. The lowest BCUT2D eigenvalue weighted by atomic mass is 9.84. The van der Waals surface area contributed by atoms with Gasteiger partial charge in [0, 0.05) is 31.0 Å². The molecule has 0 unspecified atom stereocenters. The SMILES string of the molecule is c1ccc2c(c1)Sc1ccccc1N2c1ccc2c(-c3ccc(-c4ccc5ccccc5c4)cc3)c3cc(N4c5ccccc5Sc5ccccc54)ccc3c(-c3ccc(-c4ccc5ccccc5c4)cc3)c2c1. The number of hydrogen-bond acceptors (Lipinski definition) is 4. The maximum atomic E-state index is 2.46. The molecule has 346 valence electrons. The zero-order valence-electron chi connectivity index (χ0n) is 40.1. The van der Waals surface area contributed by atoms with Gasteiger partial charge in [-0.05, 0) is 173 Å². The van der Waals surface area contributed by atoms with Crippen LogP contribution in [0, 0.1) is 0 Å². The Kier molecular flexibility index (Phi) is 10.1. The highest BCUT2D eigenvalue weighted by Gasteiger charge is 2.28. The summed E-state index contributed by atoms with van der Waals surface area (Å²) in [6.07, 6.45) is 0. The average Bonchev–Trinajstić information content (AvgIpc) is 3.50. The first-order valence-electron chi connectivity index (χ1n) is 25.2. The monoisotopic (exact) mass is 976 g/mol. The molecule has 13 aromatic rings. The Morgan fingerprint density at radius 1 is 0.216 bits per heavy atom. The first-order chi connectivity index (χ1) is 36.7. The molecule has 0 aromatic heterocycles. The van der Waals surface area contributed by atoms with Crippen LogP contribution < -0.4 is 9.80 Å². The van der Waals surface area contributed by atoms with E-state index in [1.165, 1.54) is 130 Å². The van der Waals surface area contributed by atoms with E-state index >= 15 is 0 Å². The van der Waals surface area contributed by atoms with Gasteiger partial charge in [-0.2, -0.15) is 0 Å². The van der Waals surface area contributed by atoms with Gasteiger partial charge < -0.3 is 9.80 Å². The van der Waals surface area contributed by atoms with Gasteiger partial charge in [0.1, 0.15) is 0 Å². The molecule has 2 aliphatic heterocycles. The van der Waals surface area contributed by atoms with Crippen LogP contribution in [0.5, 0.6) is 0 Å². The molecule has 0 atom stereocenters. The van der Waals surface area contributed by atoms with Gasteiger partial charge in [0.2, 0.25) is 0 Å². The van der Waals surface area contributed by atoms with Gasteiger partial charge in [-0.1, -0.05) is 206 Å². The van der Waals surface area contributed by atoms with E-state index in [0.29, 0.717) is 0 Å². The molecule has 0 amide bonds. The number of anilines is 6. The lowest BCUT2D eigenvalue weighted by molar-refractivity contribution is 1.17. The molecule has 0 saturated heterocycles. The van der Waals surface area contributed by atoms with E-state index in [4.69, 9.17) is 0 Å². The molecule has 2 heterocycles. The minimum absolute atomic E-state index is 1.12. The van der Waals surface area contributed by atoms with E-state index in [1.807, 2.05) is 23.5 Å². The summed E-state index contributed by atoms with van der Waals surface area (Å²) in [5.74, 6) is 0. The van der Waals surface area contributed by atoms with Crippen LogP contribution in [-0.4, -0.2) is 0 Å². The highest BCUT2D eigenvalue weighted by atomic mass is 32.2. The van der Waals surface area contributed by atoms with Crippen molar-refractivity contribution in [3.05, 3.63) is 267 Å². The van der Waals surface area contributed by atoms with E-state index in [-0.39, 0.29) is 0 Å². The summed E-state index contributed by atoms with van der Waals surface area (Å²) in [7, 11) is 0. The van der Waals surface area contributed by atoms with Crippen molar-refractivity contribution >= 4 is 101 Å². The number of rotatable bonds is 6. The van der Waals surface area contributed by atoms with Crippen molar-refractivity contribution in [2.24, 2.45) is 0 Å². The summed E-state index contributed by atoms with van der Waals surface area (Å²) >= 11 is 3.69. The minimum atomic E-state index is 1.12. The number of benzene rings is 13. The summed E-state index contributed by atoms with van der Waals surface area (Å²) in [5.41, 5.74) is 16.6. The molecule has 2 aliphatic rings. The van der Waals surface area contributed by atoms with E-state index in [9.17, 15) is 0 Å². The van der Waals surface area contributed by atoms with Crippen LogP contribution in [-0.2, 0) is 0 Å². The maximum absolute atomic E-state index is 2.46. The third kappa shape index (κ3) is 7.13. The smallest absolute Gasteiger partial charge is 0.0601 e. The molecule has 2 nitrogen and oxygen atoms in total. The van der Waals surface area contributed by atoms with Crippen molar-refractivity contribution in [2.75, 3.05) is 9.80 Å². The standard InChI is InChI=1S/C70H44N2S2/c1-3-15-51-41-53(35-29-45(51)13-1)47-25-31-49(32-26-47)69-57-39-37-56(72-63-19-7-11-23-67(63)74-68-24-12-8-20-64(68)72)44-60(57)70(50-33-27-48(28-34-50)54-36-30-46-14-2-4-16-52(46)42-54)58-40-38-55(43-59(58)69)71-61-17-5-9-21-65(61)73-66-22-10-6-18-62(66)71/h1-44H. The van der Waals surface area contributed by atoms with E-state index in [2.05, 4.69) is 277 Å². The van der Waals surface area contributed by atoms with Crippen LogP contribution >= 0.6 is 23.5 Å². The number of fused-ring (bicyclic) bond motifs is 8. The molecular weight excluding hydrogens is 933 g/mol. The van der Waals surface area contributed by atoms with Crippen LogP contribution in [0.15, 0.2) is 287 Å². The molecule has 15 rings (SSSR count). The molecule has 0 aliphatic carbocycles. The molecule has 74 heavy (non-hydrogen) atoms. The van der Waals surface area contributed by atoms with E-state index < -0.39 is 0 Å². The second-order valence-corrected chi connectivity index (χ2v) is 21.4. The Balaban J connectivity index is 0.995. The van der Waals surface area contributed by atoms with E-state index in [0.717, 1.165) is 11.4 Å². The number of hydrogen-bond donors (Lipinski definition) is 0. The molecule has 0 bridgehead atoms. The van der Waals surface area contributed by atoms with Gasteiger partial charge in [-0.25, -0.2) is 0 Å². The molecule has 0 spiro atoms. The number of nitrogens with zero attached hydrogens (tertiary/aromatic N) is 2. The van der Waals surface area contributed by atoms with Gasteiger partial charge in [0.25, 0.3) is 0 Å². The fourth-order valence-electron chi connectivity index (χ4n) is 11.5. The Hall–Kier alpha value is -8.80. The van der Waals surface area contributed by atoms with Gasteiger partial charge in [0.05, 0.1) is 22.7 Å². The molecule has 4 heteroatoms. The van der Waals surface area contributed by atoms with Crippen LogP contribution in [0.2, 0.25) is 0 Å². The summed E-state index contributed by atoms with van der Waals surface area (Å²) in [6, 6.07) is 99.1. The van der Waals surface area contributed by atoms with Gasteiger partial charge in [-0.3, -0.25) is 0 Å². The third-order valence-electron chi connectivity index (χ3n) is 15.0. The lowest BCUT2D eigenvalue weighted by Gasteiger charge is -2.34. The fourth-order valence-corrected chi connectivity index (χ4v) is 13.6. The average molecular weight is 977 g/mol. The number of para-hydroxylation sites is 4. The predicted molar refractivity (Wildman–Crippen MR) is 316 cm³/mol. The molecular formula is C70H44N2S2. The normalized spacial score (nSPS) is 12.7. The van der Waals surface area contributed by atoms with E-state index in [1.54, 1.807) is 0 Å². The van der Waals surface area contributed by atoms with Crippen molar-refractivity contribution in [3.8, 4) is 44.5 Å². The Labute approximate surface area is 438 Å². The second kappa shape index (κ2) is 17.5. The quantitative estimate of drug-likeness (QED) is 0.153. The first-order valence-corrected chi connectivity index (χ1v) is 26.9. The van der Waals surface area contributed by atoms with Crippen LogP contribution in [0.4, 0.5) is 34.1 Å². The van der Waals surface area contributed by atoms with Crippen LogP contribution in [0.3, 0.4) is 0 Å². The zero-order chi connectivity index (χ0) is 48.7. The summed E-state index contributed by atoms with van der Waals surface area (Å²) < 4.78 is 0. The van der Waals surface area contributed by atoms with Crippen LogP contribution in [0.1, 0.15) is 0 Å². The zero-order valence-corrected chi connectivity index (χ0v) is 41.7. The summed E-state index contributed by atoms with van der Waals surface area (Å²) in [5, 5.41) is 9.79. The Morgan fingerprint density at radius 2 is 0.527 bits per heavy atom. The topological polar surface area (TPSA) is 6.48 Å². The van der Waals surface area contributed by atoms with Crippen molar-refractivity contribution < 1.29 is 0 Å². The lowest BCUT2D eigenvalue weighted by Crippen LogP contribution is -2.15. The second-order valence-electron chi connectivity index (χ2n) is 19.2. The minimum Gasteiger partial charge on any atom is -0.308 e. The van der Waals surface area contributed by atoms with Crippen molar-refractivity contribution in [1.29, 1.82) is 0 Å². The van der Waals surface area contributed by atoms with Crippen molar-refractivity contribution in [2.45, 2.75) is 19.6 Å². The summed E-state index contributed by atoms with van der Waals surface area (Å²) in [6.45, 7) is 0. The molecule has 13 aromatic carbocycles. The molecule has 0 saturated carbocycles. The maximum Gasteiger partial charge on any atom is 0.0601 e.